The first-order valence-electron chi connectivity index (χ1n) is 4.99. The number of anilines is 1. The molecule has 0 saturated heterocycles. The summed E-state index contributed by atoms with van der Waals surface area (Å²) in [6, 6.07) is 5.12. The van der Waals surface area contributed by atoms with Gasteiger partial charge in [0.1, 0.15) is 0 Å². The first-order chi connectivity index (χ1) is 7.99. The van der Waals surface area contributed by atoms with Gasteiger partial charge in [-0.3, -0.25) is 0 Å². The van der Waals surface area contributed by atoms with Crippen LogP contribution in [0, 0.1) is 11.3 Å². The molecule has 0 heterocycles. The van der Waals surface area contributed by atoms with Crippen molar-refractivity contribution in [2.45, 2.75) is 6.18 Å². The third kappa shape index (κ3) is 3.64. The Labute approximate surface area is 97.2 Å². The van der Waals surface area contributed by atoms with Crippen LogP contribution >= 0.6 is 0 Å². The van der Waals surface area contributed by atoms with Gasteiger partial charge in [0.05, 0.1) is 17.2 Å². The van der Waals surface area contributed by atoms with Gasteiger partial charge in [0.15, 0.2) is 0 Å². The maximum absolute atomic E-state index is 12.6. The number of hydrogen-bond acceptors (Lipinski definition) is 3. The van der Waals surface area contributed by atoms with E-state index < -0.39 is 11.7 Å². The minimum absolute atomic E-state index is 0.353. The Kier molecular flexibility index (Phi) is 4.35. The predicted molar refractivity (Wildman–Crippen MR) is 58.6 cm³/mol. The highest BCUT2D eigenvalue weighted by atomic mass is 19.4. The Bertz CT molecular complexity index is 421. The van der Waals surface area contributed by atoms with E-state index in [1.807, 2.05) is 0 Å². The van der Waals surface area contributed by atoms with Crippen molar-refractivity contribution in [1.82, 2.24) is 5.32 Å². The number of halogens is 3. The lowest BCUT2D eigenvalue weighted by Crippen LogP contribution is -2.18. The summed E-state index contributed by atoms with van der Waals surface area (Å²) >= 11 is 0. The minimum atomic E-state index is -4.51. The number of nitrogens with one attached hydrogen (secondary N) is 2. The third-order valence-corrected chi connectivity index (χ3v) is 2.15. The van der Waals surface area contributed by atoms with Gasteiger partial charge >= 0.3 is 6.18 Å². The Morgan fingerprint density at radius 3 is 2.53 bits per heavy atom. The second-order valence-electron chi connectivity index (χ2n) is 3.40. The zero-order valence-electron chi connectivity index (χ0n) is 9.23. The molecule has 0 atom stereocenters. The fourth-order valence-electron chi connectivity index (χ4n) is 1.32. The molecular weight excluding hydrogens is 231 g/mol. The van der Waals surface area contributed by atoms with E-state index in [4.69, 9.17) is 5.26 Å². The minimum Gasteiger partial charge on any atom is -0.384 e. The number of benzene rings is 1. The highest BCUT2D eigenvalue weighted by Crippen LogP contribution is 2.33. The molecule has 0 amide bonds. The first-order valence-corrected chi connectivity index (χ1v) is 4.99. The second-order valence-corrected chi connectivity index (χ2v) is 3.40. The highest BCUT2D eigenvalue weighted by Gasteiger charge is 2.33. The van der Waals surface area contributed by atoms with Crippen LogP contribution in [0.3, 0.4) is 0 Å². The molecule has 6 heteroatoms. The highest BCUT2D eigenvalue weighted by molar-refractivity contribution is 5.53. The van der Waals surface area contributed by atoms with Gasteiger partial charge in [0, 0.05) is 18.8 Å². The summed E-state index contributed by atoms with van der Waals surface area (Å²) in [5.74, 6) is 0. The van der Waals surface area contributed by atoms with Gasteiger partial charge in [0.25, 0.3) is 0 Å². The number of nitriles is 1. The summed E-state index contributed by atoms with van der Waals surface area (Å²) in [6.07, 6.45) is -4.51. The van der Waals surface area contributed by atoms with Gasteiger partial charge in [-0.25, -0.2) is 0 Å². The van der Waals surface area contributed by atoms with Gasteiger partial charge in [-0.05, 0) is 25.2 Å². The average Bonchev–Trinajstić information content (AvgIpc) is 2.28. The summed E-state index contributed by atoms with van der Waals surface area (Å²) in [6.45, 7) is 1.15. The van der Waals surface area contributed by atoms with Crippen LogP contribution in [-0.4, -0.2) is 20.1 Å². The molecule has 0 aliphatic carbocycles. The standard InChI is InChI=1S/C11H12F3N3/c1-16-4-5-17-9-3-2-8(7-15)10(6-9)11(12,13)14/h2-3,6,16-17H,4-5H2,1H3. The zero-order valence-corrected chi connectivity index (χ0v) is 9.23. The molecule has 1 aromatic carbocycles. The largest absolute Gasteiger partial charge is 0.417 e. The van der Waals surface area contributed by atoms with Crippen molar-refractivity contribution < 1.29 is 13.2 Å². The van der Waals surface area contributed by atoms with Gasteiger partial charge in [-0.2, -0.15) is 18.4 Å². The molecule has 3 nitrogen and oxygen atoms in total. The number of rotatable bonds is 4. The van der Waals surface area contributed by atoms with E-state index >= 15 is 0 Å². The van der Waals surface area contributed by atoms with Crippen LogP contribution in [0.1, 0.15) is 11.1 Å². The SMILES string of the molecule is CNCCNc1ccc(C#N)c(C(F)(F)F)c1. The van der Waals surface area contributed by atoms with Crippen molar-refractivity contribution in [3.8, 4) is 6.07 Å². The number of likely N-dealkylation sites (N-methyl/N-ethyl adjacent to an activating group) is 1. The molecule has 2 N–H and O–H groups in total. The van der Waals surface area contributed by atoms with E-state index in [0.717, 1.165) is 6.07 Å². The normalized spacial score (nSPS) is 11.0. The van der Waals surface area contributed by atoms with Crippen LogP contribution in [-0.2, 0) is 6.18 Å². The lowest BCUT2D eigenvalue weighted by Gasteiger charge is -2.12. The molecule has 0 aromatic heterocycles. The molecular formula is C11H12F3N3. The summed E-state index contributed by atoms with van der Waals surface area (Å²) in [7, 11) is 1.75. The fraction of sp³-hybridized carbons (Fsp3) is 0.364. The molecule has 0 radical (unpaired) electrons. The van der Waals surface area contributed by atoms with Gasteiger partial charge < -0.3 is 10.6 Å². The number of nitrogens with zero attached hydrogens (tertiary/aromatic N) is 1. The number of hydrogen-bond donors (Lipinski definition) is 2. The van der Waals surface area contributed by atoms with Gasteiger partial charge in [-0.1, -0.05) is 0 Å². The number of alkyl halides is 3. The monoisotopic (exact) mass is 243 g/mol. The van der Waals surface area contributed by atoms with Gasteiger partial charge in [-0.15, -0.1) is 0 Å². The lowest BCUT2D eigenvalue weighted by atomic mass is 10.1. The van der Waals surface area contributed by atoms with Crippen molar-refractivity contribution in [2.75, 3.05) is 25.5 Å². The zero-order chi connectivity index (χ0) is 12.9. The van der Waals surface area contributed by atoms with Crippen LogP contribution < -0.4 is 10.6 Å². The Balaban J connectivity index is 2.94. The van der Waals surface area contributed by atoms with Crippen molar-refractivity contribution in [2.24, 2.45) is 0 Å². The smallest absolute Gasteiger partial charge is 0.384 e. The van der Waals surface area contributed by atoms with E-state index in [2.05, 4.69) is 10.6 Å². The molecule has 0 fully saturated rings. The van der Waals surface area contributed by atoms with Crippen LogP contribution in [0.2, 0.25) is 0 Å². The van der Waals surface area contributed by atoms with E-state index in [0.29, 0.717) is 18.8 Å². The van der Waals surface area contributed by atoms with Crippen molar-refractivity contribution in [3.05, 3.63) is 29.3 Å². The fourth-order valence-corrected chi connectivity index (χ4v) is 1.32. The van der Waals surface area contributed by atoms with Crippen LogP contribution in [0.4, 0.5) is 18.9 Å². The van der Waals surface area contributed by atoms with Gasteiger partial charge in [0.2, 0.25) is 0 Å². The van der Waals surface area contributed by atoms with Crippen LogP contribution in [0.15, 0.2) is 18.2 Å². The van der Waals surface area contributed by atoms with Crippen LogP contribution in [0.5, 0.6) is 0 Å². The molecule has 0 spiro atoms. The molecule has 0 bridgehead atoms. The molecule has 17 heavy (non-hydrogen) atoms. The van der Waals surface area contributed by atoms with Crippen molar-refractivity contribution in [3.63, 3.8) is 0 Å². The Morgan fingerprint density at radius 2 is 2.00 bits per heavy atom. The van der Waals surface area contributed by atoms with E-state index in [1.54, 1.807) is 7.05 Å². The van der Waals surface area contributed by atoms with Crippen LogP contribution in [0.25, 0.3) is 0 Å². The molecule has 0 unspecified atom stereocenters. The van der Waals surface area contributed by atoms with E-state index in [9.17, 15) is 13.2 Å². The topological polar surface area (TPSA) is 47.8 Å². The molecule has 0 aliphatic rings. The Morgan fingerprint density at radius 1 is 1.29 bits per heavy atom. The van der Waals surface area contributed by atoms with Crippen molar-refractivity contribution >= 4 is 5.69 Å². The Hall–Kier alpha value is -1.74. The summed E-state index contributed by atoms with van der Waals surface area (Å²) in [5.41, 5.74) is -0.919. The maximum atomic E-state index is 12.6. The predicted octanol–water partition coefficient (Wildman–Crippen LogP) is 2.21. The molecule has 92 valence electrons. The first kappa shape index (κ1) is 13.3. The summed E-state index contributed by atoms with van der Waals surface area (Å²) in [4.78, 5) is 0. The average molecular weight is 243 g/mol. The summed E-state index contributed by atoms with van der Waals surface area (Å²) < 4.78 is 37.8. The van der Waals surface area contributed by atoms with Crippen molar-refractivity contribution in [1.29, 1.82) is 5.26 Å². The lowest BCUT2D eigenvalue weighted by molar-refractivity contribution is -0.137. The maximum Gasteiger partial charge on any atom is 0.417 e. The van der Waals surface area contributed by atoms with E-state index in [-0.39, 0.29) is 5.56 Å². The molecule has 1 rings (SSSR count). The second kappa shape index (κ2) is 5.55. The molecule has 0 aliphatic heterocycles. The van der Waals surface area contributed by atoms with E-state index in [1.165, 1.54) is 18.2 Å². The quantitative estimate of drug-likeness (QED) is 0.797. The summed E-state index contributed by atoms with van der Waals surface area (Å²) in [5, 5.41) is 14.3. The molecule has 0 saturated carbocycles. The third-order valence-electron chi connectivity index (χ3n) is 2.15. The molecule has 1 aromatic rings.